The first-order valence-corrected chi connectivity index (χ1v) is 7.72. The summed E-state index contributed by atoms with van der Waals surface area (Å²) in [6.07, 6.45) is 0. The second-order valence-corrected chi connectivity index (χ2v) is 5.75. The van der Waals surface area contributed by atoms with Gasteiger partial charge in [-0.05, 0) is 47.2 Å². The van der Waals surface area contributed by atoms with Gasteiger partial charge in [-0.2, -0.15) is 9.94 Å². The molecule has 0 spiro atoms. The molecule has 0 amide bonds. The van der Waals surface area contributed by atoms with E-state index in [1.54, 1.807) is 16.4 Å². The van der Waals surface area contributed by atoms with Gasteiger partial charge in [0.25, 0.3) is 0 Å². The second kappa shape index (κ2) is 6.41. The third-order valence-electron chi connectivity index (χ3n) is 3.17. The van der Waals surface area contributed by atoms with E-state index < -0.39 is 0 Å². The van der Waals surface area contributed by atoms with E-state index >= 15 is 0 Å². The number of nitrogens with zero attached hydrogens (tertiary/aromatic N) is 5. The smallest absolute Gasteiger partial charge is 0.192 e. The average molecular weight is 307 g/mol. The summed E-state index contributed by atoms with van der Waals surface area (Å²) in [5.74, 6) is 0.748. The summed E-state index contributed by atoms with van der Waals surface area (Å²) < 4.78 is 1.73. The molecule has 6 heteroatoms. The Hall–Kier alpha value is -2.65. The van der Waals surface area contributed by atoms with E-state index in [1.807, 2.05) is 55.5 Å². The molecule has 0 saturated heterocycles. The molecule has 5 nitrogen and oxygen atoms in total. The van der Waals surface area contributed by atoms with E-state index in [1.165, 1.54) is 5.56 Å². The number of tetrazole rings is 1. The van der Waals surface area contributed by atoms with Crippen molar-refractivity contribution in [2.24, 2.45) is 0 Å². The molecule has 2 aromatic carbocycles. The molecule has 1 aromatic heterocycles. The van der Waals surface area contributed by atoms with Crippen molar-refractivity contribution in [2.75, 3.05) is 0 Å². The zero-order valence-electron chi connectivity index (χ0n) is 12.0. The predicted octanol–water partition coefficient (Wildman–Crippen LogP) is 3.13. The molecule has 108 valence electrons. The molecule has 22 heavy (non-hydrogen) atoms. The lowest BCUT2D eigenvalue weighted by molar-refractivity contribution is 0.756. The zero-order chi connectivity index (χ0) is 15.4. The van der Waals surface area contributed by atoms with Crippen LogP contribution in [0.1, 0.15) is 16.7 Å². The molecule has 0 saturated carbocycles. The number of aromatic nitrogens is 4. The molecule has 0 N–H and O–H groups in total. The Kier molecular flexibility index (Phi) is 4.17. The summed E-state index contributed by atoms with van der Waals surface area (Å²) in [5.41, 5.74) is 3.93. The Morgan fingerprint density at radius 2 is 1.82 bits per heavy atom. The number of aryl methyl sites for hydroxylation is 1. The number of hydrogen-bond acceptors (Lipinski definition) is 5. The van der Waals surface area contributed by atoms with Gasteiger partial charge in [-0.15, -0.1) is 5.10 Å². The fourth-order valence-corrected chi connectivity index (χ4v) is 2.79. The van der Waals surface area contributed by atoms with E-state index in [9.17, 15) is 0 Å². The SMILES string of the molecule is Cc1ccc(-n2nnnc2SCc2ccc(C#N)cc2)cc1. The minimum atomic E-state index is 0.665. The fraction of sp³-hybridized carbons (Fsp3) is 0.125. The molecule has 0 atom stereocenters. The molecule has 0 aliphatic carbocycles. The number of rotatable bonds is 4. The van der Waals surface area contributed by atoms with Gasteiger partial charge in [0.15, 0.2) is 0 Å². The van der Waals surface area contributed by atoms with Crippen molar-refractivity contribution in [1.29, 1.82) is 5.26 Å². The molecule has 0 radical (unpaired) electrons. The quantitative estimate of drug-likeness (QED) is 0.693. The normalized spacial score (nSPS) is 10.4. The first-order chi connectivity index (χ1) is 10.8. The highest BCUT2D eigenvalue weighted by Gasteiger charge is 2.09. The highest BCUT2D eigenvalue weighted by molar-refractivity contribution is 7.98. The second-order valence-electron chi connectivity index (χ2n) is 4.81. The molecule has 3 rings (SSSR count). The van der Waals surface area contributed by atoms with E-state index in [2.05, 4.69) is 21.6 Å². The summed E-state index contributed by atoms with van der Waals surface area (Å²) in [5, 5.41) is 21.4. The van der Waals surface area contributed by atoms with Gasteiger partial charge in [-0.1, -0.05) is 41.6 Å². The molecule has 3 aromatic rings. The van der Waals surface area contributed by atoms with Crippen molar-refractivity contribution in [3.63, 3.8) is 0 Å². The molecule has 0 fully saturated rings. The first kappa shape index (κ1) is 14.3. The molecular weight excluding hydrogens is 294 g/mol. The average Bonchev–Trinajstić information content (AvgIpc) is 3.02. The standard InChI is InChI=1S/C16H13N5S/c1-12-2-8-15(9-3-12)21-16(18-19-20-21)22-11-14-6-4-13(10-17)5-7-14/h2-9H,11H2,1H3. The fourth-order valence-electron chi connectivity index (χ4n) is 1.94. The lowest BCUT2D eigenvalue weighted by atomic mass is 10.2. The van der Waals surface area contributed by atoms with Crippen LogP contribution >= 0.6 is 11.8 Å². The van der Waals surface area contributed by atoms with Gasteiger partial charge in [0.2, 0.25) is 5.16 Å². The largest absolute Gasteiger partial charge is 0.214 e. The van der Waals surface area contributed by atoms with Gasteiger partial charge in [-0.25, -0.2) is 0 Å². The number of thioether (sulfide) groups is 1. The van der Waals surface area contributed by atoms with Gasteiger partial charge >= 0.3 is 0 Å². The minimum Gasteiger partial charge on any atom is -0.192 e. The summed E-state index contributed by atoms with van der Waals surface area (Å²) in [6.45, 7) is 2.05. The van der Waals surface area contributed by atoms with Crippen molar-refractivity contribution in [3.8, 4) is 11.8 Å². The molecule has 0 aliphatic heterocycles. The van der Waals surface area contributed by atoms with Crippen LogP contribution in [0.2, 0.25) is 0 Å². The molecule has 0 bridgehead atoms. The summed E-state index contributed by atoms with van der Waals surface area (Å²) >= 11 is 1.56. The van der Waals surface area contributed by atoms with Gasteiger partial charge in [0.05, 0.1) is 17.3 Å². The maximum atomic E-state index is 8.81. The van der Waals surface area contributed by atoms with Gasteiger partial charge in [0.1, 0.15) is 0 Å². The van der Waals surface area contributed by atoms with Crippen molar-refractivity contribution < 1.29 is 0 Å². The monoisotopic (exact) mass is 307 g/mol. The molecule has 0 unspecified atom stereocenters. The summed E-state index contributed by atoms with van der Waals surface area (Å²) in [6, 6.07) is 17.7. The highest BCUT2D eigenvalue weighted by atomic mass is 32.2. The summed E-state index contributed by atoms with van der Waals surface area (Å²) in [7, 11) is 0. The summed E-state index contributed by atoms with van der Waals surface area (Å²) in [4.78, 5) is 0. The maximum Gasteiger partial charge on any atom is 0.214 e. The van der Waals surface area contributed by atoms with Crippen LogP contribution in [0.25, 0.3) is 5.69 Å². The number of benzene rings is 2. The van der Waals surface area contributed by atoms with Crippen LogP contribution in [-0.4, -0.2) is 20.2 Å². The number of hydrogen-bond donors (Lipinski definition) is 0. The molecule has 1 heterocycles. The maximum absolute atomic E-state index is 8.81. The first-order valence-electron chi connectivity index (χ1n) is 6.73. The van der Waals surface area contributed by atoms with E-state index in [0.29, 0.717) is 5.56 Å². The van der Waals surface area contributed by atoms with Gasteiger partial charge in [-0.3, -0.25) is 0 Å². The zero-order valence-corrected chi connectivity index (χ0v) is 12.8. The van der Waals surface area contributed by atoms with Gasteiger partial charge in [0, 0.05) is 5.75 Å². The Balaban J connectivity index is 1.75. The van der Waals surface area contributed by atoms with E-state index in [4.69, 9.17) is 5.26 Å². The van der Waals surface area contributed by atoms with Crippen LogP contribution in [0.15, 0.2) is 53.7 Å². The van der Waals surface area contributed by atoms with Crippen LogP contribution in [0.3, 0.4) is 0 Å². The Morgan fingerprint density at radius 1 is 1.09 bits per heavy atom. The highest BCUT2D eigenvalue weighted by Crippen LogP contribution is 2.22. The lowest BCUT2D eigenvalue weighted by Crippen LogP contribution is -1.99. The Morgan fingerprint density at radius 3 is 2.50 bits per heavy atom. The van der Waals surface area contributed by atoms with Crippen LogP contribution in [0.4, 0.5) is 0 Å². The van der Waals surface area contributed by atoms with Crippen molar-refractivity contribution in [3.05, 3.63) is 65.2 Å². The van der Waals surface area contributed by atoms with Crippen molar-refractivity contribution in [2.45, 2.75) is 17.8 Å². The lowest BCUT2D eigenvalue weighted by Gasteiger charge is -2.05. The van der Waals surface area contributed by atoms with Gasteiger partial charge < -0.3 is 0 Å². The van der Waals surface area contributed by atoms with Crippen molar-refractivity contribution in [1.82, 2.24) is 20.2 Å². The topological polar surface area (TPSA) is 67.4 Å². The van der Waals surface area contributed by atoms with Crippen molar-refractivity contribution >= 4 is 11.8 Å². The van der Waals surface area contributed by atoms with Crippen LogP contribution < -0.4 is 0 Å². The Bertz CT molecular complexity index is 800. The number of nitriles is 1. The molecular formula is C16H13N5S. The minimum absolute atomic E-state index is 0.665. The van der Waals surface area contributed by atoms with E-state index in [0.717, 1.165) is 22.2 Å². The third-order valence-corrected chi connectivity index (χ3v) is 4.16. The third kappa shape index (κ3) is 3.15. The van der Waals surface area contributed by atoms with E-state index in [-0.39, 0.29) is 0 Å². The predicted molar refractivity (Wildman–Crippen MR) is 84.6 cm³/mol. The molecule has 0 aliphatic rings. The van der Waals surface area contributed by atoms with Crippen LogP contribution in [-0.2, 0) is 5.75 Å². The Labute approximate surface area is 132 Å². The van der Waals surface area contributed by atoms with Crippen LogP contribution in [0, 0.1) is 18.3 Å². The van der Waals surface area contributed by atoms with Crippen LogP contribution in [0.5, 0.6) is 0 Å².